The molecule has 0 heterocycles. The van der Waals surface area contributed by atoms with Crippen molar-refractivity contribution in [3.05, 3.63) is 59.7 Å². The number of carbonyl (C=O) groups is 1. The van der Waals surface area contributed by atoms with E-state index in [9.17, 15) is 4.79 Å². The van der Waals surface area contributed by atoms with Crippen molar-refractivity contribution in [2.75, 3.05) is 12.4 Å². The third kappa shape index (κ3) is 4.71. The number of hydrogen-bond acceptors (Lipinski definition) is 3. The number of carbonyl (C=O) groups excluding carboxylic acids is 1. The maximum absolute atomic E-state index is 12.8. The van der Waals surface area contributed by atoms with Crippen molar-refractivity contribution < 1.29 is 9.53 Å². The molecule has 0 bridgehead atoms. The van der Waals surface area contributed by atoms with Crippen molar-refractivity contribution in [1.82, 2.24) is 0 Å². The number of nitrogens with one attached hydrogen (secondary N) is 1. The van der Waals surface area contributed by atoms with E-state index in [0.717, 1.165) is 24.3 Å². The van der Waals surface area contributed by atoms with Gasteiger partial charge in [-0.05, 0) is 68.0 Å². The Morgan fingerprint density at radius 3 is 2.30 bits per heavy atom. The molecule has 27 heavy (non-hydrogen) atoms. The largest absolute Gasteiger partial charge is 0.497 e. The van der Waals surface area contributed by atoms with E-state index in [0.29, 0.717) is 5.92 Å². The fourth-order valence-corrected chi connectivity index (χ4v) is 4.50. The van der Waals surface area contributed by atoms with E-state index < -0.39 is 0 Å². The van der Waals surface area contributed by atoms with Gasteiger partial charge in [0.1, 0.15) is 11.5 Å². The molecule has 1 aliphatic rings. The second-order valence-electron chi connectivity index (χ2n) is 7.74. The summed E-state index contributed by atoms with van der Waals surface area (Å²) in [5, 5.41) is 3.69. The van der Waals surface area contributed by atoms with Crippen LogP contribution in [0.5, 0.6) is 5.75 Å². The SMILES string of the molecule is COc1ccc(N[C@@H](c2ccccc2C)[C@@H](C(C)=O)C2CCCCC2)cc1. The van der Waals surface area contributed by atoms with E-state index >= 15 is 0 Å². The van der Waals surface area contributed by atoms with Crippen LogP contribution in [0.4, 0.5) is 5.69 Å². The van der Waals surface area contributed by atoms with Gasteiger partial charge in [-0.3, -0.25) is 4.79 Å². The molecule has 2 aromatic carbocycles. The number of anilines is 1. The minimum Gasteiger partial charge on any atom is -0.497 e. The van der Waals surface area contributed by atoms with E-state index in [4.69, 9.17) is 4.74 Å². The summed E-state index contributed by atoms with van der Waals surface area (Å²) in [5.74, 6) is 1.57. The number of benzene rings is 2. The molecule has 3 rings (SSSR count). The molecule has 2 aromatic rings. The van der Waals surface area contributed by atoms with Gasteiger partial charge < -0.3 is 10.1 Å². The third-order valence-electron chi connectivity index (χ3n) is 5.92. The molecule has 144 valence electrons. The van der Waals surface area contributed by atoms with Crippen LogP contribution in [-0.2, 0) is 4.79 Å². The fraction of sp³-hybridized carbons (Fsp3) is 0.458. The molecule has 1 saturated carbocycles. The van der Waals surface area contributed by atoms with E-state index in [1.54, 1.807) is 14.0 Å². The number of aryl methyl sites for hydroxylation is 1. The minimum absolute atomic E-state index is 0.00602. The average molecular weight is 366 g/mol. The summed E-state index contributed by atoms with van der Waals surface area (Å²) in [5.41, 5.74) is 3.47. The molecular formula is C24H31NO2. The number of rotatable bonds is 7. The van der Waals surface area contributed by atoms with Crippen molar-refractivity contribution in [1.29, 1.82) is 0 Å². The summed E-state index contributed by atoms with van der Waals surface area (Å²) < 4.78 is 5.28. The first-order valence-electron chi connectivity index (χ1n) is 10.1. The van der Waals surface area contributed by atoms with Gasteiger partial charge in [-0.1, -0.05) is 43.5 Å². The standard InChI is InChI=1S/C24H31NO2/c1-17-9-7-8-12-22(17)24(25-20-13-15-21(27-3)16-14-20)23(18(2)26)19-10-5-4-6-11-19/h7-9,12-16,19,23-25H,4-6,10-11H2,1-3H3/t23-,24-/m0/s1. The monoisotopic (exact) mass is 365 g/mol. The molecule has 0 aliphatic heterocycles. The molecule has 3 nitrogen and oxygen atoms in total. The van der Waals surface area contributed by atoms with Crippen molar-refractivity contribution in [3.63, 3.8) is 0 Å². The van der Waals surface area contributed by atoms with E-state index in [1.807, 2.05) is 24.3 Å². The van der Waals surface area contributed by atoms with Gasteiger partial charge >= 0.3 is 0 Å². The zero-order valence-electron chi connectivity index (χ0n) is 16.7. The van der Waals surface area contributed by atoms with Crippen LogP contribution in [0.3, 0.4) is 0 Å². The van der Waals surface area contributed by atoms with Gasteiger partial charge in [-0.2, -0.15) is 0 Å². The summed E-state index contributed by atoms with van der Waals surface area (Å²) in [4.78, 5) is 12.8. The Kier molecular flexibility index (Phi) is 6.54. The van der Waals surface area contributed by atoms with E-state index in [1.165, 1.54) is 30.4 Å². The summed E-state index contributed by atoms with van der Waals surface area (Å²) in [6.07, 6.45) is 6.06. The lowest BCUT2D eigenvalue weighted by molar-refractivity contribution is -0.123. The summed E-state index contributed by atoms with van der Waals surface area (Å²) in [7, 11) is 1.67. The van der Waals surface area contributed by atoms with Gasteiger partial charge in [0.05, 0.1) is 13.2 Å². The first-order valence-corrected chi connectivity index (χ1v) is 10.1. The molecule has 0 amide bonds. The van der Waals surface area contributed by atoms with Crippen molar-refractivity contribution >= 4 is 11.5 Å². The number of ether oxygens (including phenoxy) is 1. The Labute approximate surface area is 163 Å². The molecule has 0 saturated heterocycles. The van der Waals surface area contributed by atoms with Crippen molar-refractivity contribution in [2.24, 2.45) is 11.8 Å². The highest BCUT2D eigenvalue weighted by Crippen LogP contribution is 2.40. The van der Waals surface area contributed by atoms with Crippen LogP contribution < -0.4 is 10.1 Å². The molecule has 0 unspecified atom stereocenters. The summed E-state index contributed by atoms with van der Waals surface area (Å²) in [6, 6.07) is 16.4. The smallest absolute Gasteiger partial charge is 0.135 e. The Hall–Kier alpha value is -2.29. The highest BCUT2D eigenvalue weighted by molar-refractivity contribution is 5.80. The molecule has 0 aromatic heterocycles. The van der Waals surface area contributed by atoms with Gasteiger partial charge in [0.15, 0.2) is 0 Å². The normalized spacial score (nSPS) is 17.1. The molecule has 3 heteroatoms. The van der Waals surface area contributed by atoms with Gasteiger partial charge in [0.25, 0.3) is 0 Å². The van der Waals surface area contributed by atoms with Gasteiger partial charge in [-0.25, -0.2) is 0 Å². The molecule has 0 radical (unpaired) electrons. The first-order chi connectivity index (χ1) is 13.1. The van der Waals surface area contributed by atoms with E-state index in [-0.39, 0.29) is 17.7 Å². The molecule has 1 aliphatic carbocycles. The molecular weight excluding hydrogens is 334 g/mol. The third-order valence-corrected chi connectivity index (χ3v) is 5.92. The van der Waals surface area contributed by atoms with Gasteiger partial charge in [0.2, 0.25) is 0 Å². The van der Waals surface area contributed by atoms with Gasteiger partial charge in [-0.15, -0.1) is 0 Å². The Bertz CT molecular complexity index is 747. The van der Waals surface area contributed by atoms with Crippen LogP contribution in [-0.4, -0.2) is 12.9 Å². The Morgan fingerprint density at radius 1 is 1.04 bits per heavy atom. The zero-order valence-corrected chi connectivity index (χ0v) is 16.7. The lowest BCUT2D eigenvalue weighted by atomic mass is 9.72. The number of ketones is 1. The van der Waals surface area contributed by atoms with Crippen LogP contribution in [0.2, 0.25) is 0 Å². The van der Waals surface area contributed by atoms with Crippen LogP contribution in [0.25, 0.3) is 0 Å². The topological polar surface area (TPSA) is 38.3 Å². The first kappa shape index (κ1) is 19.5. The van der Waals surface area contributed by atoms with E-state index in [2.05, 4.69) is 36.5 Å². The predicted octanol–water partition coefficient (Wildman–Crippen LogP) is 5.94. The fourth-order valence-electron chi connectivity index (χ4n) is 4.50. The maximum Gasteiger partial charge on any atom is 0.135 e. The summed E-state index contributed by atoms with van der Waals surface area (Å²) >= 11 is 0. The average Bonchev–Trinajstić information content (AvgIpc) is 2.69. The van der Waals surface area contributed by atoms with Crippen LogP contribution >= 0.6 is 0 Å². The lowest BCUT2D eigenvalue weighted by Crippen LogP contribution is -2.34. The highest BCUT2D eigenvalue weighted by atomic mass is 16.5. The zero-order chi connectivity index (χ0) is 19.2. The van der Waals surface area contributed by atoms with Crippen molar-refractivity contribution in [3.8, 4) is 5.75 Å². The van der Waals surface area contributed by atoms with Gasteiger partial charge in [0, 0.05) is 11.6 Å². The minimum atomic E-state index is -0.0137. The summed E-state index contributed by atoms with van der Waals surface area (Å²) in [6.45, 7) is 3.90. The molecule has 2 atom stereocenters. The number of methoxy groups -OCH3 is 1. The van der Waals surface area contributed by atoms with Crippen LogP contribution in [0.15, 0.2) is 48.5 Å². The van der Waals surface area contributed by atoms with Crippen LogP contribution in [0.1, 0.15) is 56.2 Å². The second-order valence-corrected chi connectivity index (χ2v) is 7.74. The van der Waals surface area contributed by atoms with Crippen molar-refractivity contribution in [2.45, 2.75) is 52.0 Å². The highest BCUT2D eigenvalue weighted by Gasteiger charge is 2.35. The lowest BCUT2D eigenvalue weighted by Gasteiger charge is -2.36. The quantitative estimate of drug-likeness (QED) is 0.659. The Morgan fingerprint density at radius 2 is 1.70 bits per heavy atom. The maximum atomic E-state index is 12.8. The predicted molar refractivity (Wildman–Crippen MR) is 111 cm³/mol. The Balaban J connectivity index is 1.96. The number of Topliss-reactive ketones (excluding diaryl/α,β-unsaturated/α-hetero) is 1. The second kappa shape index (κ2) is 9.07. The number of hydrogen-bond donors (Lipinski definition) is 1. The van der Waals surface area contributed by atoms with Crippen LogP contribution in [0, 0.1) is 18.8 Å². The molecule has 1 fully saturated rings. The molecule has 1 N–H and O–H groups in total. The molecule has 0 spiro atoms.